The molecule has 0 atom stereocenters. The Morgan fingerprint density at radius 1 is 0.900 bits per heavy atom. The minimum Gasteiger partial charge on any atom is -1.00 e. The lowest BCUT2D eigenvalue weighted by Gasteiger charge is -2.07. The third-order valence-corrected chi connectivity index (χ3v) is 0.655. The molecular weight excluding hydrogens is 150 g/mol. The summed E-state index contributed by atoms with van der Waals surface area (Å²) >= 11 is 0. The van der Waals surface area contributed by atoms with Crippen LogP contribution in [-0.2, 0) is 9.31 Å². The van der Waals surface area contributed by atoms with Crippen molar-refractivity contribution in [1.82, 2.24) is 0 Å². The van der Waals surface area contributed by atoms with E-state index in [1.165, 1.54) is 7.69 Å². The Morgan fingerprint density at radius 2 is 1.20 bits per heavy atom. The van der Waals surface area contributed by atoms with Gasteiger partial charge in [-0.3, -0.25) is 0 Å². The Balaban J connectivity index is 0. The van der Waals surface area contributed by atoms with Crippen molar-refractivity contribution in [1.29, 1.82) is 0 Å². The van der Waals surface area contributed by atoms with Crippen LogP contribution >= 0.6 is 0 Å². The molecule has 0 N–H and O–H groups in total. The van der Waals surface area contributed by atoms with E-state index >= 15 is 0 Å². The normalized spacial score (nSPS) is 9.80. The predicted octanol–water partition coefficient (Wildman–Crippen LogP) is -1.63. The molecule has 4 heteroatoms. The zero-order valence-electron chi connectivity index (χ0n) is 6.93. The highest BCUT2D eigenvalue weighted by molar-refractivity contribution is 6.18. The van der Waals surface area contributed by atoms with Crippen molar-refractivity contribution in [2.75, 3.05) is 0 Å². The van der Waals surface area contributed by atoms with Crippen LogP contribution in [0.15, 0.2) is 0 Å². The molecule has 0 aliphatic carbocycles. The Bertz CT molecular complexity index is 60.8. The lowest BCUT2D eigenvalue weighted by atomic mass is 10.3. The maximum Gasteiger partial charge on any atom is 0.488 e. The van der Waals surface area contributed by atoms with Gasteiger partial charge >= 0.3 is 7.69 Å². The molecule has 2 nitrogen and oxygen atoms in total. The molecule has 0 fully saturated rings. The van der Waals surface area contributed by atoms with Gasteiger partial charge in [-0.15, -0.1) is 0 Å². The smallest absolute Gasteiger partial charge is 0.488 e. The van der Waals surface area contributed by atoms with E-state index in [2.05, 4.69) is 0 Å². The second-order valence-electron chi connectivity index (χ2n) is 2.47. The van der Waals surface area contributed by atoms with Crippen LogP contribution in [0.4, 0.5) is 0 Å². The second-order valence-corrected chi connectivity index (χ2v) is 2.47. The van der Waals surface area contributed by atoms with Crippen molar-refractivity contribution >= 4 is 7.69 Å². The molecule has 0 amide bonds. The maximum atomic E-state index is 5.01. The van der Waals surface area contributed by atoms with Gasteiger partial charge in [0.15, 0.2) is 0 Å². The van der Waals surface area contributed by atoms with Gasteiger partial charge in [-0.2, -0.15) is 0 Å². The van der Waals surface area contributed by atoms with Crippen LogP contribution < -0.4 is 12.4 Å². The average Bonchev–Trinajstić information content (AvgIpc) is 1.63. The number of rotatable bonds is 4. The summed E-state index contributed by atoms with van der Waals surface area (Å²) in [5, 5.41) is 0. The van der Waals surface area contributed by atoms with Crippen molar-refractivity contribution in [2.45, 2.75) is 39.9 Å². The highest BCUT2D eigenvalue weighted by Crippen LogP contribution is 1.89. The van der Waals surface area contributed by atoms with Gasteiger partial charge in [-0.25, -0.2) is 0 Å². The van der Waals surface area contributed by atoms with Crippen LogP contribution in [0.2, 0.25) is 0 Å². The van der Waals surface area contributed by atoms with E-state index in [0.29, 0.717) is 0 Å². The lowest BCUT2D eigenvalue weighted by Crippen LogP contribution is -3.00. The summed E-state index contributed by atoms with van der Waals surface area (Å²) in [5.41, 5.74) is 0. The molecule has 0 aromatic heterocycles. The van der Waals surface area contributed by atoms with E-state index in [9.17, 15) is 0 Å². The molecule has 0 aromatic carbocycles. The van der Waals surface area contributed by atoms with Crippen LogP contribution in [-0.4, -0.2) is 19.9 Å². The van der Waals surface area contributed by atoms with Crippen LogP contribution in [0.5, 0.6) is 0 Å². The molecule has 61 valence electrons. The van der Waals surface area contributed by atoms with Crippen molar-refractivity contribution < 1.29 is 21.7 Å². The van der Waals surface area contributed by atoms with Crippen LogP contribution in [0, 0.1) is 0 Å². The van der Waals surface area contributed by atoms with Gasteiger partial charge in [0.25, 0.3) is 0 Å². The number of hydrogen-bond acceptors (Lipinski definition) is 2. The highest BCUT2D eigenvalue weighted by Gasteiger charge is 1.98. The van der Waals surface area contributed by atoms with Crippen molar-refractivity contribution in [3.05, 3.63) is 0 Å². The van der Waals surface area contributed by atoms with E-state index in [1.54, 1.807) is 0 Å². The van der Waals surface area contributed by atoms with E-state index < -0.39 is 0 Å². The molecule has 0 saturated heterocycles. The first kappa shape index (κ1) is 12.9. The average molecular weight is 164 g/mol. The highest BCUT2D eigenvalue weighted by atomic mass is 35.5. The first-order valence-electron chi connectivity index (χ1n) is 3.25. The monoisotopic (exact) mass is 164 g/mol. The maximum absolute atomic E-state index is 5.01. The molecule has 10 heavy (non-hydrogen) atoms. The third kappa shape index (κ3) is 11.1. The molecule has 0 aromatic rings. The summed E-state index contributed by atoms with van der Waals surface area (Å²) in [7, 11) is 1.40. The lowest BCUT2D eigenvalue weighted by molar-refractivity contribution is -0.00000650. The largest absolute Gasteiger partial charge is 1.00 e. The third-order valence-electron chi connectivity index (χ3n) is 0.655. The molecule has 1 radical (unpaired) electrons. The number of hydrogen-bond donors (Lipinski definition) is 0. The molecule has 0 saturated carbocycles. The van der Waals surface area contributed by atoms with Gasteiger partial charge < -0.3 is 21.7 Å². The van der Waals surface area contributed by atoms with Gasteiger partial charge in [-0.1, -0.05) is 0 Å². The molecule has 0 heterocycles. The standard InChI is InChI=1S/C6H14BO2.ClH/c1-5(2)8-7-9-6(3)4;/h5-6H,1-4H3;1H/p-1. The fraction of sp³-hybridized carbons (Fsp3) is 1.00. The molecule has 0 rings (SSSR count). The summed E-state index contributed by atoms with van der Waals surface area (Å²) in [5.74, 6) is 0. The van der Waals surface area contributed by atoms with E-state index in [4.69, 9.17) is 9.31 Å². The van der Waals surface area contributed by atoms with Gasteiger partial charge in [-0.05, 0) is 27.7 Å². The Hall–Kier alpha value is 0.275. The Morgan fingerprint density at radius 3 is 1.40 bits per heavy atom. The summed E-state index contributed by atoms with van der Waals surface area (Å²) in [4.78, 5) is 0. The summed E-state index contributed by atoms with van der Waals surface area (Å²) in [6.45, 7) is 7.83. The SMILES string of the molecule is CC(C)O[B]OC(C)C.[Cl-]. The molecule has 0 spiro atoms. The van der Waals surface area contributed by atoms with Crippen LogP contribution in [0.1, 0.15) is 27.7 Å². The van der Waals surface area contributed by atoms with Crippen LogP contribution in [0.3, 0.4) is 0 Å². The van der Waals surface area contributed by atoms with Gasteiger partial charge in [0.1, 0.15) is 0 Å². The van der Waals surface area contributed by atoms with Gasteiger partial charge in [0.2, 0.25) is 0 Å². The van der Waals surface area contributed by atoms with Gasteiger partial charge in [0, 0.05) is 12.2 Å². The predicted molar refractivity (Wildman–Crippen MR) is 38.2 cm³/mol. The summed E-state index contributed by atoms with van der Waals surface area (Å²) in [6, 6.07) is 0. The minimum atomic E-state index is 0. The molecule has 0 bridgehead atoms. The zero-order chi connectivity index (χ0) is 7.28. The Kier molecular flexibility index (Phi) is 9.53. The zero-order valence-corrected chi connectivity index (χ0v) is 7.68. The second kappa shape index (κ2) is 7.38. The van der Waals surface area contributed by atoms with E-state index in [0.717, 1.165) is 0 Å². The Labute approximate surface area is 70.0 Å². The number of halogens is 1. The van der Waals surface area contributed by atoms with Crippen molar-refractivity contribution in [3.63, 3.8) is 0 Å². The quantitative estimate of drug-likeness (QED) is 0.465. The fourth-order valence-corrected chi connectivity index (χ4v) is 0.254. The molecular formula is C6H14BClO2-. The summed E-state index contributed by atoms with van der Waals surface area (Å²) in [6.07, 6.45) is 0.424. The summed E-state index contributed by atoms with van der Waals surface area (Å²) < 4.78 is 10.0. The van der Waals surface area contributed by atoms with Gasteiger partial charge in [0.05, 0.1) is 0 Å². The molecule has 0 unspecified atom stereocenters. The van der Waals surface area contributed by atoms with E-state index in [1.807, 2.05) is 27.7 Å². The minimum absolute atomic E-state index is 0. The molecule has 0 aliphatic heterocycles. The van der Waals surface area contributed by atoms with E-state index in [-0.39, 0.29) is 24.6 Å². The topological polar surface area (TPSA) is 18.5 Å². The van der Waals surface area contributed by atoms with Crippen molar-refractivity contribution in [2.24, 2.45) is 0 Å². The first-order chi connectivity index (χ1) is 4.13. The fourth-order valence-electron chi connectivity index (χ4n) is 0.254. The van der Waals surface area contributed by atoms with Crippen molar-refractivity contribution in [3.8, 4) is 0 Å². The first-order valence-corrected chi connectivity index (χ1v) is 3.25. The van der Waals surface area contributed by atoms with Crippen LogP contribution in [0.25, 0.3) is 0 Å². The molecule has 0 aliphatic rings.